The van der Waals surface area contributed by atoms with Crippen LogP contribution in [-0.4, -0.2) is 40.5 Å². The van der Waals surface area contributed by atoms with Crippen molar-refractivity contribution >= 4 is 29.3 Å². The maximum absolute atomic E-state index is 12.1. The highest BCUT2D eigenvalue weighted by Crippen LogP contribution is 2.31. The molecule has 1 atom stereocenters. The topological polar surface area (TPSA) is 79.9 Å². The monoisotopic (exact) mass is 410 g/mol. The zero-order valence-electron chi connectivity index (χ0n) is 16.0. The molecule has 2 rings (SSSR count). The normalized spacial score (nSPS) is 12.0. The summed E-state index contributed by atoms with van der Waals surface area (Å²) in [6, 6.07) is 5.30. The molecule has 0 spiro atoms. The smallest absolute Gasteiger partial charge is 0.230 e. The first-order valence-electron chi connectivity index (χ1n) is 9.23. The number of thioether (sulfide) groups is 1. The summed E-state index contributed by atoms with van der Waals surface area (Å²) in [7, 11) is 1.59. The molecular weight excluding hydrogens is 384 g/mol. The molecule has 0 fully saturated rings. The highest BCUT2D eigenvalue weighted by Gasteiger charge is 2.14. The van der Waals surface area contributed by atoms with Crippen molar-refractivity contribution in [3.63, 3.8) is 0 Å². The Morgan fingerprint density at radius 1 is 1.41 bits per heavy atom. The van der Waals surface area contributed by atoms with Crippen LogP contribution in [0.5, 0.6) is 5.75 Å². The van der Waals surface area contributed by atoms with Crippen molar-refractivity contribution in [2.24, 2.45) is 5.92 Å². The van der Waals surface area contributed by atoms with Crippen LogP contribution in [0.2, 0.25) is 5.02 Å². The van der Waals surface area contributed by atoms with Crippen molar-refractivity contribution in [1.29, 1.82) is 0 Å². The van der Waals surface area contributed by atoms with Gasteiger partial charge in [-0.1, -0.05) is 56.5 Å². The first kappa shape index (κ1) is 21.6. The van der Waals surface area contributed by atoms with Crippen LogP contribution in [0.25, 0.3) is 11.4 Å². The SMILES string of the molecule is CCCC[C@H](CC)CNC(=O)CSc1n[nH]c(-c2cc(Cl)ccc2OC)n1. The molecule has 0 saturated carbocycles. The van der Waals surface area contributed by atoms with Crippen molar-refractivity contribution < 1.29 is 9.53 Å². The fraction of sp³-hybridized carbons (Fsp3) is 0.526. The van der Waals surface area contributed by atoms with E-state index in [0.717, 1.165) is 24.9 Å². The Hall–Kier alpha value is -1.73. The Bertz CT molecular complexity index is 738. The molecule has 0 radical (unpaired) electrons. The van der Waals surface area contributed by atoms with Crippen LogP contribution >= 0.6 is 23.4 Å². The van der Waals surface area contributed by atoms with Gasteiger partial charge in [-0.05, 0) is 30.5 Å². The van der Waals surface area contributed by atoms with E-state index in [-0.39, 0.29) is 11.7 Å². The lowest BCUT2D eigenvalue weighted by Gasteiger charge is -2.14. The maximum Gasteiger partial charge on any atom is 0.230 e. The van der Waals surface area contributed by atoms with Gasteiger partial charge < -0.3 is 10.1 Å². The molecule has 0 unspecified atom stereocenters. The zero-order valence-corrected chi connectivity index (χ0v) is 17.6. The minimum atomic E-state index is 0.00151. The molecule has 2 N–H and O–H groups in total. The van der Waals surface area contributed by atoms with Crippen molar-refractivity contribution in [3.05, 3.63) is 23.2 Å². The number of rotatable bonds is 11. The number of aromatic amines is 1. The highest BCUT2D eigenvalue weighted by molar-refractivity contribution is 7.99. The second-order valence-electron chi connectivity index (χ2n) is 6.32. The van der Waals surface area contributed by atoms with E-state index >= 15 is 0 Å². The molecule has 2 aromatic rings. The van der Waals surface area contributed by atoms with E-state index in [9.17, 15) is 4.79 Å². The summed E-state index contributed by atoms with van der Waals surface area (Å²) in [5, 5.41) is 11.2. The molecule has 27 heavy (non-hydrogen) atoms. The number of ether oxygens (including phenoxy) is 1. The van der Waals surface area contributed by atoms with E-state index in [1.54, 1.807) is 25.3 Å². The molecule has 8 heteroatoms. The van der Waals surface area contributed by atoms with E-state index in [0.29, 0.717) is 27.7 Å². The lowest BCUT2D eigenvalue weighted by molar-refractivity contribution is -0.118. The van der Waals surface area contributed by atoms with Crippen LogP contribution in [0, 0.1) is 5.92 Å². The number of hydrogen-bond acceptors (Lipinski definition) is 5. The Labute approximate surface area is 169 Å². The lowest BCUT2D eigenvalue weighted by atomic mass is 9.99. The predicted octanol–water partition coefficient (Wildman–Crippen LogP) is 4.56. The Kier molecular flexibility index (Phi) is 8.94. The molecule has 0 bridgehead atoms. The molecule has 0 aliphatic rings. The molecule has 1 aromatic carbocycles. The van der Waals surface area contributed by atoms with Gasteiger partial charge in [-0.3, -0.25) is 9.89 Å². The van der Waals surface area contributed by atoms with Gasteiger partial charge in [0, 0.05) is 11.6 Å². The summed E-state index contributed by atoms with van der Waals surface area (Å²) in [6.07, 6.45) is 4.63. The van der Waals surface area contributed by atoms with Gasteiger partial charge in [-0.2, -0.15) is 0 Å². The fourth-order valence-electron chi connectivity index (χ4n) is 2.68. The van der Waals surface area contributed by atoms with Crippen LogP contribution in [-0.2, 0) is 4.79 Å². The van der Waals surface area contributed by atoms with Crippen LogP contribution in [0.3, 0.4) is 0 Å². The summed E-state index contributed by atoms with van der Waals surface area (Å²) in [6.45, 7) is 5.08. The maximum atomic E-state index is 12.1. The molecule has 0 saturated heterocycles. The summed E-state index contributed by atoms with van der Waals surface area (Å²) >= 11 is 7.36. The van der Waals surface area contributed by atoms with Gasteiger partial charge in [0.25, 0.3) is 0 Å². The van der Waals surface area contributed by atoms with Crippen molar-refractivity contribution in [3.8, 4) is 17.1 Å². The summed E-state index contributed by atoms with van der Waals surface area (Å²) in [4.78, 5) is 16.5. The van der Waals surface area contributed by atoms with E-state index in [1.165, 1.54) is 24.6 Å². The molecule has 1 aromatic heterocycles. The second-order valence-corrected chi connectivity index (χ2v) is 7.70. The van der Waals surface area contributed by atoms with Crippen LogP contribution in [0.15, 0.2) is 23.4 Å². The molecule has 148 valence electrons. The van der Waals surface area contributed by atoms with Crippen LogP contribution in [0.4, 0.5) is 0 Å². The lowest BCUT2D eigenvalue weighted by Crippen LogP contribution is -2.30. The number of hydrogen-bond donors (Lipinski definition) is 2. The molecule has 6 nitrogen and oxygen atoms in total. The molecule has 0 aliphatic carbocycles. The third-order valence-corrected chi connectivity index (χ3v) is 5.43. The first-order chi connectivity index (χ1) is 13.1. The highest BCUT2D eigenvalue weighted by atomic mass is 35.5. The average molecular weight is 411 g/mol. The van der Waals surface area contributed by atoms with E-state index < -0.39 is 0 Å². The quantitative estimate of drug-likeness (QED) is 0.531. The fourth-order valence-corrected chi connectivity index (χ4v) is 3.48. The van der Waals surface area contributed by atoms with Crippen molar-refractivity contribution in [2.45, 2.75) is 44.7 Å². The van der Waals surface area contributed by atoms with Gasteiger partial charge in [-0.25, -0.2) is 4.98 Å². The van der Waals surface area contributed by atoms with Crippen LogP contribution < -0.4 is 10.1 Å². The largest absolute Gasteiger partial charge is 0.496 e. The molecule has 0 aliphatic heterocycles. The summed E-state index contributed by atoms with van der Waals surface area (Å²) < 4.78 is 5.34. The van der Waals surface area contributed by atoms with Gasteiger partial charge in [0.15, 0.2) is 5.82 Å². The number of amides is 1. The third kappa shape index (κ3) is 6.74. The minimum absolute atomic E-state index is 0.00151. The number of nitrogens with one attached hydrogen (secondary N) is 2. The number of halogens is 1. The molecule has 1 heterocycles. The van der Waals surface area contributed by atoms with Crippen molar-refractivity contribution in [2.75, 3.05) is 19.4 Å². The number of carbonyl (C=O) groups is 1. The number of benzene rings is 1. The number of unbranched alkanes of at least 4 members (excludes halogenated alkanes) is 1. The van der Waals surface area contributed by atoms with Gasteiger partial charge in [0.1, 0.15) is 5.75 Å². The number of aromatic nitrogens is 3. The van der Waals surface area contributed by atoms with Gasteiger partial charge in [0.2, 0.25) is 11.1 Å². The second kappa shape index (κ2) is 11.2. The van der Waals surface area contributed by atoms with Gasteiger partial charge in [0.05, 0.1) is 18.4 Å². The Morgan fingerprint density at radius 3 is 2.93 bits per heavy atom. The molecule has 1 amide bonds. The number of methoxy groups -OCH3 is 1. The zero-order chi connectivity index (χ0) is 19.6. The number of carbonyl (C=O) groups excluding carboxylic acids is 1. The van der Waals surface area contributed by atoms with Crippen molar-refractivity contribution in [1.82, 2.24) is 20.5 Å². The molecular formula is C19H27ClN4O2S. The van der Waals surface area contributed by atoms with E-state index in [2.05, 4.69) is 34.3 Å². The number of H-pyrrole nitrogens is 1. The predicted molar refractivity (Wildman–Crippen MR) is 110 cm³/mol. The minimum Gasteiger partial charge on any atom is -0.496 e. The third-order valence-electron chi connectivity index (χ3n) is 4.35. The number of nitrogens with zero attached hydrogens (tertiary/aromatic N) is 2. The Morgan fingerprint density at radius 2 is 2.22 bits per heavy atom. The first-order valence-corrected chi connectivity index (χ1v) is 10.6. The Balaban J connectivity index is 1.87. The van der Waals surface area contributed by atoms with E-state index in [1.807, 2.05) is 0 Å². The standard InChI is InChI=1S/C19H27ClN4O2S/c1-4-6-7-13(5-2)11-21-17(25)12-27-19-22-18(23-24-19)15-10-14(20)8-9-16(15)26-3/h8-10,13H,4-7,11-12H2,1-3H3,(H,21,25)(H,22,23,24)/t13-/m0/s1. The van der Waals surface area contributed by atoms with Gasteiger partial charge in [-0.15, -0.1) is 5.10 Å². The van der Waals surface area contributed by atoms with E-state index in [4.69, 9.17) is 16.3 Å². The van der Waals surface area contributed by atoms with Crippen LogP contribution in [0.1, 0.15) is 39.5 Å². The van der Waals surface area contributed by atoms with Gasteiger partial charge >= 0.3 is 0 Å². The average Bonchev–Trinajstić information content (AvgIpc) is 3.15. The summed E-state index contributed by atoms with van der Waals surface area (Å²) in [5.41, 5.74) is 0.732. The summed E-state index contributed by atoms with van der Waals surface area (Å²) in [5.74, 6) is 2.05.